The van der Waals surface area contributed by atoms with E-state index in [1.165, 1.54) is 6.07 Å². The number of carboxylic acids is 1. The molecule has 1 atom stereocenters. The molecule has 0 spiro atoms. The largest absolute Gasteiger partial charge is 0.487 e. The molecule has 3 aromatic carbocycles. The van der Waals surface area contributed by atoms with E-state index in [0.29, 0.717) is 42.9 Å². The first-order valence-electron chi connectivity index (χ1n) is 17.7. The number of fused-ring (bicyclic) bond motifs is 2. The first kappa shape index (κ1) is 36.9. The van der Waals surface area contributed by atoms with Gasteiger partial charge in [0.15, 0.2) is 0 Å². The summed E-state index contributed by atoms with van der Waals surface area (Å²) < 4.78 is 45.6. The van der Waals surface area contributed by atoms with E-state index in [1.54, 1.807) is 11.8 Å². The molecule has 0 amide bonds. The van der Waals surface area contributed by atoms with Crippen LogP contribution in [0.1, 0.15) is 74.9 Å². The molecule has 1 unspecified atom stereocenters. The second kappa shape index (κ2) is 15.8. The van der Waals surface area contributed by atoms with Gasteiger partial charge in [-0.15, -0.1) is 11.8 Å². The van der Waals surface area contributed by atoms with Gasteiger partial charge in [-0.3, -0.25) is 9.78 Å². The Bertz CT molecular complexity index is 2140. The van der Waals surface area contributed by atoms with E-state index in [2.05, 4.69) is 16.9 Å². The second-order valence-corrected chi connectivity index (χ2v) is 14.2. The minimum atomic E-state index is -4.46. The van der Waals surface area contributed by atoms with Crippen LogP contribution in [0.2, 0.25) is 0 Å². The number of para-hydroxylation sites is 1. The summed E-state index contributed by atoms with van der Waals surface area (Å²) in [5, 5.41) is 12.9. The Balaban J connectivity index is 1.35. The van der Waals surface area contributed by atoms with Gasteiger partial charge in [-0.05, 0) is 79.5 Å². The molecular formula is C42H42F3N3O3S. The monoisotopic (exact) mass is 725 g/mol. The molecule has 0 aliphatic rings. The van der Waals surface area contributed by atoms with Gasteiger partial charge in [-0.1, -0.05) is 75.7 Å². The van der Waals surface area contributed by atoms with Gasteiger partial charge in [0.25, 0.3) is 0 Å². The van der Waals surface area contributed by atoms with Crippen LogP contribution in [0.25, 0.3) is 33.1 Å². The van der Waals surface area contributed by atoms with Crippen molar-refractivity contribution < 1.29 is 27.8 Å². The molecule has 6 aromatic rings. The van der Waals surface area contributed by atoms with Crippen LogP contribution in [0.5, 0.6) is 5.75 Å². The zero-order valence-corrected chi connectivity index (χ0v) is 30.3. The average molecular weight is 726 g/mol. The summed E-state index contributed by atoms with van der Waals surface area (Å²) >= 11 is 1.74. The standard InChI is InChI=1S/C42H42F3N3O3S/c1-4-7-22-52-39-33-24-32(51-26-31-18-16-28-10-8-9-11-36(28)47-31)19-21-37(33)48-38(39)34(41(5-2,6-3)40(49)50)23-27-12-14-29(15-13-27)35-20-17-30(25-46-35)42(43,44)45/h8-21,24-25,34,48H,4-7,22-23,26H2,1-3H3,(H,49,50). The maximum Gasteiger partial charge on any atom is 0.417 e. The van der Waals surface area contributed by atoms with Crippen molar-refractivity contribution in [2.75, 3.05) is 5.75 Å². The van der Waals surface area contributed by atoms with Crippen molar-refractivity contribution >= 4 is 39.5 Å². The van der Waals surface area contributed by atoms with Crippen LogP contribution >= 0.6 is 11.8 Å². The molecule has 3 aromatic heterocycles. The smallest absolute Gasteiger partial charge is 0.417 e. The first-order valence-corrected chi connectivity index (χ1v) is 18.7. The lowest BCUT2D eigenvalue weighted by Gasteiger charge is -2.36. The predicted octanol–water partition coefficient (Wildman–Crippen LogP) is 11.5. The molecular weight excluding hydrogens is 684 g/mol. The zero-order valence-electron chi connectivity index (χ0n) is 29.5. The number of aromatic amines is 1. The molecule has 0 saturated heterocycles. The number of halogens is 3. The van der Waals surface area contributed by atoms with Crippen molar-refractivity contribution in [3.8, 4) is 17.0 Å². The molecule has 52 heavy (non-hydrogen) atoms. The quantitative estimate of drug-likeness (QED) is 0.0809. The maximum atomic E-state index is 13.2. The number of nitrogens with zero attached hydrogens (tertiary/aromatic N) is 2. The van der Waals surface area contributed by atoms with Crippen molar-refractivity contribution in [2.45, 2.75) is 76.5 Å². The highest BCUT2D eigenvalue weighted by Crippen LogP contribution is 2.49. The van der Waals surface area contributed by atoms with Crippen molar-refractivity contribution in [2.24, 2.45) is 5.41 Å². The number of pyridine rings is 2. The lowest BCUT2D eigenvalue weighted by atomic mass is 9.67. The fourth-order valence-electron chi connectivity index (χ4n) is 6.87. The van der Waals surface area contributed by atoms with Crippen molar-refractivity contribution in [1.82, 2.24) is 15.0 Å². The molecule has 6 rings (SSSR count). The molecule has 270 valence electrons. The summed E-state index contributed by atoms with van der Waals surface area (Å²) in [6, 6.07) is 27.8. The molecule has 0 aliphatic heterocycles. The highest BCUT2D eigenvalue weighted by atomic mass is 32.2. The van der Waals surface area contributed by atoms with Gasteiger partial charge >= 0.3 is 12.1 Å². The lowest BCUT2D eigenvalue weighted by molar-refractivity contribution is -0.151. The van der Waals surface area contributed by atoms with Gasteiger partial charge in [0.2, 0.25) is 0 Å². The molecule has 0 fully saturated rings. The number of rotatable bonds is 15. The molecule has 0 radical (unpaired) electrons. The number of thioether (sulfide) groups is 1. The van der Waals surface area contributed by atoms with Crippen LogP contribution in [0.15, 0.2) is 102 Å². The topological polar surface area (TPSA) is 88.1 Å². The number of aliphatic carboxylic acids is 1. The van der Waals surface area contributed by atoms with E-state index in [4.69, 9.17) is 9.72 Å². The minimum absolute atomic E-state index is 0.306. The van der Waals surface area contributed by atoms with Crippen LogP contribution in [0.4, 0.5) is 13.2 Å². The first-order chi connectivity index (χ1) is 25.1. The van der Waals surface area contributed by atoms with Gasteiger partial charge in [0, 0.05) is 44.6 Å². The average Bonchev–Trinajstić information content (AvgIpc) is 3.51. The Labute approximate surface area is 305 Å². The third-order valence-electron chi connectivity index (χ3n) is 10.0. The number of aromatic nitrogens is 3. The minimum Gasteiger partial charge on any atom is -0.487 e. The summed E-state index contributed by atoms with van der Waals surface area (Å²) in [6.07, 6.45) is -0.273. The number of alkyl halides is 3. The summed E-state index contributed by atoms with van der Waals surface area (Å²) in [4.78, 5) is 26.7. The number of hydrogen-bond acceptors (Lipinski definition) is 5. The van der Waals surface area contributed by atoms with Gasteiger partial charge < -0.3 is 14.8 Å². The predicted molar refractivity (Wildman–Crippen MR) is 202 cm³/mol. The van der Waals surface area contributed by atoms with Crippen LogP contribution in [-0.4, -0.2) is 31.8 Å². The summed E-state index contributed by atoms with van der Waals surface area (Å²) in [5.41, 5.74) is 3.70. The van der Waals surface area contributed by atoms with Crippen molar-refractivity contribution in [1.29, 1.82) is 0 Å². The van der Waals surface area contributed by atoms with Crippen molar-refractivity contribution in [3.05, 3.63) is 120 Å². The van der Waals surface area contributed by atoms with E-state index >= 15 is 0 Å². The van der Waals surface area contributed by atoms with Gasteiger partial charge in [0.1, 0.15) is 12.4 Å². The Morgan fingerprint density at radius 2 is 1.71 bits per heavy atom. The van der Waals surface area contributed by atoms with Gasteiger partial charge in [-0.25, -0.2) is 4.98 Å². The van der Waals surface area contributed by atoms with Gasteiger partial charge in [0.05, 0.1) is 27.9 Å². The second-order valence-electron chi connectivity index (χ2n) is 13.1. The molecule has 0 bridgehead atoms. The lowest BCUT2D eigenvalue weighted by Crippen LogP contribution is -2.38. The van der Waals surface area contributed by atoms with E-state index in [0.717, 1.165) is 74.5 Å². The van der Waals surface area contributed by atoms with E-state index in [-0.39, 0.29) is 0 Å². The van der Waals surface area contributed by atoms with E-state index < -0.39 is 29.0 Å². The van der Waals surface area contributed by atoms with Crippen LogP contribution in [-0.2, 0) is 24.0 Å². The number of carboxylic acid groups (broad SMARTS) is 1. The number of unbranched alkanes of at least 4 members (excludes halogenated alkanes) is 1. The Hall–Kier alpha value is -4.83. The number of ether oxygens (including phenoxy) is 1. The highest BCUT2D eigenvalue weighted by molar-refractivity contribution is 7.99. The van der Waals surface area contributed by atoms with Crippen LogP contribution in [0.3, 0.4) is 0 Å². The number of H-pyrrole nitrogens is 1. The fourth-order valence-corrected chi connectivity index (χ4v) is 8.18. The third-order valence-corrected chi connectivity index (χ3v) is 11.2. The maximum absolute atomic E-state index is 13.2. The summed E-state index contributed by atoms with van der Waals surface area (Å²) in [5.74, 6) is 0.327. The Morgan fingerprint density at radius 1 is 0.942 bits per heavy atom. The molecule has 3 heterocycles. The Morgan fingerprint density at radius 3 is 2.38 bits per heavy atom. The van der Waals surface area contributed by atoms with Crippen LogP contribution < -0.4 is 4.74 Å². The molecule has 10 heteroatoms. The fraction of sp³-hybridized carbons (Fsp3) is 0.310. The van der Waals surface area contributed by atoms with Crippen molar-refractivity contribution in [3.63, 3.8) is 0 Å². The molecule has 6 nitrogen and oxygen atoms in total. The number of nitrogens with one attached hydrogen (secondary N) is 1. The molecule has 2 N–H and O–H groups in total. The summed E-state index contributed by atoms with van der Waals surface area (Å²) in [7, 11) is 0. The van der Waals surface area contributed by atoms with Crippen LogP contribution in [0, 0.1) is 5.41 Å². The molecule has 0 aliphatic carbocycles. The number of carbonyl (C=O) groups is 1. The highest BCUT2D eigenvalue weighted by Gasteiger charge is 2.45. The van der Waals surface area contributed by atoms with E-state index in [9.17, 15) is 23.1 Å². The number of hydrogen-bond donors (Lipinski definition) is 2. The zero-order chi connectivity index (χ0) is 36.9. The molecule has 0 saturated carbocycles. The Kier molecular flexibility index (Phi) is 11.2. The van der Waals surface area contributed by atoms with E-state index in [1.807, 2.05) is 92.7 Å². The SMILES string of the molecule is CCCCSc1c(C(Cc2ccc(-c3ccc(C(F)(F)F)cn3)cc2)C(CC)(CC)C(=O)O)[nH]c2ccc(OCc3ccc4ccccc4n3)cc12. The summed E-state index contributed by atoms with van der Waals surface area (Å²) in [6.45, 7) is 6.33. The number of benzene rings is 3. The third kappa shape index (κ3) is 7.82. The normalized spacial score (nSPS) is 12.7. The van der Waals surface area contributed by atoms with Gasteiger partial charge in [-0.2, -0.15) is 13.2 Å².